The van der Waals surface area contributed by atoms with E-state index in [1.807, 2.05) is 72.8 Å². The maximum atomic E-state index is 9.06. The van der Waals surface area contributed by atoms with Crippen LogP contribution in [0, 0.1) is 39.9 Å². The van der Waals surface area contributed by atoms with Gasteiger partial charge in [0.05, 0.1) is 34.9 Å². The van der Waals surface area contributed by atoms with E-state index in [4.69, 9.17) is 15.8 Å². The van der Waals surface area contributed by atoms with Gasteiger partial charge in [0.1, 0.15) is 0 Å². The Morgan fingerprint density at radius 1 is 0.606 bits per heavy atom. The van der Waals surface area contributed by atoms with Crippen LogP contribution in [0.3, 0.4) is 0 Å². The van der Waals surface area contributed by atoms with Crippen molar-refractivity contribution in [1.29, 1.82) is 15.8 Å². The number of nitriles is 3. The van der Waals surface area contributed by atoms with Crippen molar-refractivity contribution in [3.63, 3.8) is 0 Å². The van der Waals surface area contributed by atoms with Gasteiger partial charge in [-0.05, 0) is 65.4 Å². The van der Waals surface area contributed by atoms with Crippen LogP contribution in [0.25, 0.3) is 0 Å². The molecule has 3 aromatic rings. The number of hydrazine groups is 2. The second-order valence-corrected chi connectivity index (χ2v) is 8.36. The van der Waals surface area contributed by atoms with Crippen LogP contribution >= 0.6 is 0 Å². The SMILES string of the molecule is N#Cc1ccc(CC2CN(Cc3ccc(C#N)cc3)NN(Cc3ccc(C#N)cc3)C2)cc1. The van der Waals surface area contributed by atoms with Crippen molar-refractivity contribution in [3.05, 3.63) is 106 Å². The lowest BCUT2D eigenvalue weighted by Gasteiger charge is -2.41. The summed E-state index contributed by atoms with van der Waals surface area (Å²) in [4.78, 5) is 0. The van der Waals surface area contributed by atoms with Gasteiger partial charge in [0.2, 0.25) is 0 Å². The minimum Gasteiger partial charge on any atom is -0.226 e. The molecule has 0 spiro atoms. The van der Waals surface area contributed by atoms with Gasteiger partial charge in [-0.25, -0.2) is 10.0 Å². The third-order valence-electron chi connectivity index (χ3n) is 5.76. The topological polar surface area (TPSA) is 89.9 Å². The number of hydrogen-bond donors (Lipinski definition) is 1. The van der Waals surface area contributed by atoms with Gasteiger partial charge < -0.3 is 0 Å². The average molecular weight is 433 g/mol. The van der Waals surface area contributed by atoms with E-state index in [1.165, 1.54) is 5.56 Å². The average Bonchev–Trinajstić information content (AvgIpc) is 2.85. The summed E-state index contributed by atoms with van der Waals surface area (Å²) in [6.45, 7) is 3.20. The maximum absolute atomic E-state index is 9.06. The summed E-state index contributed by atoms with van der Waals surface area (Å²) in [7, 11) is 0. The summed E-state index contributed by atoms with van der Waals surface area (Å²) in [5.74, 6) is 0.399. The summed E-state index contributed by atoms with van der Waals surface area (Å²) in [6, 6.07) is 29.7. The Hall–Kier alpha value is -3.99. The fourth-order valence-corrected chi connectivity index (χ4v) is 4.15. The Kier molecular flexibility index (Phi) is 7.10. The monoisotopic (exact) mass is 432 g/mol. The van der Waals surface area contributed by atoms with Crippen LogP contribution in [0.2, 0.25) is 0 Å². The Labute approximate surface area is 194 Å². The minimum atomic E-state index is 0.399. The van der Waals surface area contributed by atoms with Crippen molar-refractivity contribution >= 4 is 0 Å². The molecule has 0 aliphatic carbocycles. The quantitative estimate of drug-likeness (QED) is 0.635. The van der Waals surface area contributed by atoms with Crippen molar-refractivity contribution in [1.82, 2.24) is 15.6 Å². The van der Waals surface area contributed by atoms with Gasteiger partial charge in [-0.15, -0.1) is 0 Å². The van der Waals surface area contributed by atoms with Crippen LogP contribution in [-0.4, -0.2) is 23.1 Å². The van der Waals surface area contributed by atoms with Crippen LogP contribution in [0.4, 0.5) is 0 Å². The Morgan fingerprint density at radius 3 is 1.33 bits per heavy atom. The zero-order chi connectivity index (χ0) is 23.0. The Morgan fingerprint density at radius 2 is 0.970 bits per heavy atom. The van der Waals surface area contributed by atoms with E-state index in [0.717, 1.165) is 43.7 Å². The molecule has 162 valence electrons. The first kappa shape index (κ1) is 22.2. The molecule has 0 bridgehead atoms. The lowest BCUT2D eigenvalue weighted by molar-refractivity contribution is -0.0540. The van der Waals surface area contributed by atoms with Gasteiger partial charge in [0.15, 0.2) is 0 Å². The Balaban J connectivity index is 1.48. The van der Waals surface area contributed by atoms with E-state index in [0.29, 0.717) is 22.6 Å². The van der Waals surface area contributed by atoms with Crippen LogP contribution in [-0.2, 0) is 19.5 Å². The van der Waals surface area contributed by atoms with Crippen LogP contribution in [0.5, 0.6) is 0 Å². The molecule has 3 aromatic carbocycles. The van der Waals surface area contributed by atoms with E-state index in [9.17, 15) is 0 Å². The summed E-state index contributed by atoms with van der Waals surface area (Å²) >= 11 is 0. The molecule has 1 N–H and O–H groups in total. The molecule has 1 heterocycles. The van der Waals surface area contributed by atoms with E-state index in [2.05, 4.69) is 33.8 Å². The van der Waals surface area contributed by atoms with Crippen molar-refractivity contribution < 1.29 is 0 Å². The van der Waals surface area contributed by atoms with E-state index < -0.39 is 0 Å². The first-order valence-corrected chi connectivity index (χ1v) is 10.9. The molecule has 0 aromatic heterocycles. The molecule has 0 unspecified atom stereocenters. The third kappa shape index (κ3) is 6.04. The molecule has 0 atom stereocenters. The molecule has 6 heteroatoms. The number of hydrogen-bond acceptors (Lipinski definition) is 6. The molecular formula is C27H24N6. The number of nitrogens with zero attached hydrogens (tertiary/aromatic N) is 5. The predicted molar refractivity (Wildman–Crippen MR) is 125 cm³/mol. The van der Waals surface area contributed by atoms with E-state index >= 15 is 0 Å². The van der Waals surface area contributed by atoms with Crippen molar-refractivity contribution in [2.24, 2.45) is 5.92 Å². The maximum Gasteiger partial charge on any atom is 0.0991 e. The van der Waals surface area contributed by atoms with Crippen LogP contribution in [0.1, 0.15) is 33.4 Å². The molecular weight excluding hydrogens is 408 g/mol. The normalized spacial score (nSPS) is 14.8. The fraction of sp³-hybridized carbons (Fsp3) is 0.222. The molecule has 1 saturated heterocycles. The summed E-state index contributed by atoms with van der Waals surface area (Å²) in [6.07, 6.45) is 0.918. The second kappa shape index (κ2) is 10.6. The van der Waals surface area contributed by atoms with Crippen LogP contribution in [0.15, 0.2) is 72.8 Å². The van der Waals surface area contributed by atoms with E-state index in [1.54, 1.807) is 0 Å². The van der Waals surface area contributed by atoms with Gasteiger partial charge >= 0.3 is 0 Å². The van der Waals surface area contributed by atoms with Gasteiger partial charge in [0.25, 0.3) is 0 Å². The second-order valence-electron chi connectivity index (χ2n) is 8.36. The zero-order valence-corrected chi connectivity index (χ0v) is 18.3. The molecule has 0 radical (unpaired) electrons. The summed E-state index contributed by atoms with van der Waals surface area (Å²) in [5.41, 5.74) is 9.02. The van der Waals surface area contributed by atoms with Crippen LogP contribution < -0.4 is 5.53 Å². The standard InChI is InChI=1S/C27H24N6/c28-14-22-3-1-21(2-4-22)13-27-19-32(17-25-9-5-23(15-29)6-10-25)31-33(20-27)18-26-11-7-24(16-30)8-12-26/h1-12,27,31H,13,17-20H2. The highest BCUT2D eigenvalue weighted by molar-refractivity contribution is 5.33. The summed E-state index contributed by atoms with van der Waals surface area (Å²) < 4.78 is 0. The molecule has 1 fully saturated rings. The molecule has 6 nitrogen and oxygen atoms in total. The lowest BCUT2D eigenvalue weighted by Crippen LogP contribution is -2.58. The zero-order valence-electron chi connectivity index (χ0n) is 18.3. The smallest absolute Gasteiger partial charge is 0.0991 e. The van der Waals surface area contributed by atoms with Gasteiger partial charge in [0, 0.05) is 26.2 Å². The molecule has 0 amide bonds. The van der Waals surface area contributed by atoms with E-state index in [-0.39, 0.29) is 0 Å². The highest BCUT2D eigenvalue weighted by atomic mass is 15.8. The fourth-order valence-electron chi connectivity index (χ4n) is 4.15. The third-order valence-corrected chi connectivity index (χ3v) is 5.76. The lowest BCUT2D eigenvalue weighted by atomic mass is 9.97. The van der Waals surface area contributed by atoms with Gasteiger partial charge in [-0.1, -0.05) is 36.4 Å². The number of nitrogens with one attached hydrogen (secondary N) is 1. The first-order valence-electron chi connectivity index (χ1n) is 10.9. The summed E-state index contributed by atoms with van der Waals surface area (Å²) in [5, 5.41) is 31.6. The van der Waals surface area contributed by atoms with Crippen molar-refractivity contribution in [2.75, 3.05) is 13.1 Å². The number of rotatable bonds is 6. The van der Waals surface area contributed by atoms with Crippen molar-refractivity contribution in [2.45, 2.75) is 19.5 Å². The first-order chi connectivity index (χ1) is 16.1. The predicted octanol–water partition coefficient (Wildman–Crippen LogP) is 3.90. The highest BCUT2D eigenvalue weighted by Gasteiger charge is 2.25. The number of benzene rings is 3. The Bertz CT molecular complexity index is 1030. The molecule has 1 aliphatic heterocycles. The van der Waals surface area contributed by atoms with Crippen molar-refractivity contribution in [3.8, 4) is 18.2 Å². The highest BCUT2D eigenvalue weighted by Crippen LogP contribution is 2.19. The molecule has 0 saturated carbocycles. The van der Waals surface area contributed by atoms with Gasteiger partial charge in [-0.3, -0.25) is 0 Å². The molecule has 4 rings (SSSR count). The molecule has 1 aliphatic rings. The molecule has 33 heavy (non-hydrogen) atoms. The largest absolute Gasteiger partial charge is 0.226 e. The van der Waals surface area contributed by atoms with Gasteiger partial charge in [-0.2, -0.15) is 21.3 Å². The minimum absolute atomic E-state index is 0.399.